The highest BCUT2D eigenvalue weighted by molar-refractivity contribution is 6.32. The molecule has 0 bridgehead atoms. The van der Waals surface area contributed by atoms with Crippen LogP contribution in [0.15, 0.2) is 48.5 Å². The minimum atomic E-state index is -2.95. The zero-order valence-electron chi connectivity index (χ0n) is 14.0. The molecule has 1 saturated heterocycles. The van der Waals surface area contributed by atoms with E-state index >= 15 is 0 Å². The molecular formula is C19H19ClF2N2O2. The van der Waals surface area contributed by atoms with Gasteiger partial charge >= 0.3 is 6.61 Å². The minimum Gasteiger partial charge on any atom is -0.433 e. The van der Waals surface area contributed by atoms with Crippen molar-refractivity contribution in [2.75, 3.05) is 18.4 Å². The fraction of sp³-hybridized carbons (Fsp3) is 0.316. The summed E-state index contributed by atoms with van der Waals surface area (Å²) < 4.78 is 28.8. The fourth-order valence-corrected chi connectivity index (χ4v) is 3.45. The molecule has 26 heavy (non-hydrogen) atoms. The van der Waals surface area contributed by atoms with E-state index in [1.165, 1.54) is 23.8 Å². The van der Waals surface area contributed by atoms with Crippen LogP contribution in [0.1, 0.15) is 24.4 Å². The number of anilines is 1. The summed E-state index contributed by atoms with van der Waals surface area (Å²) in [6.45, 7) is -1.83. The second-order valence-electron chi connectivity index (χ2n) is 6.11. The monoisotopic (exact) mass is 380 g/mol. The van der Waals surface area contributed by atoms with E-state index in [0.717, 1.165) is 19.4 Å². The number of hydrogen-bond donors (Lipinski definition) is 1. The second kappa shape index (κ2) is 8.47. The third kappa shape index (κ3) is 4.71. The van der Waals surface area contributed by atoms with Gasteiger partial charge in [0.1, 0.15) is 5.75 Å². The molecule has 1 aliphatic rings. The van der Waals surface area contributed by atoms with Gasteiger partial charge < -0.3 is 10.1 Å². The highest BCUT2D eigenvalue weighted by Crippen LogP contribution is 2.32. The van der Waals surface area contributed by atoms with Crippen molar-refractivity contribution in [3.8, 4) is 5.75 Å². The van der Waals surface area contributed by atoms with Crippen LogP contribution in [0.4, 0.5) is 14.5 Å². The first-order valence-electron chi connectivity index (χ1n) is 8.36. The molecule has 138 valence electrons. The number of amides is 1. The summed E-state index contributed by atoms with van der Waals surface area (Å²) >= 11 is 5.91. The predicted molar refractivity (Wildman–Crippen MR) is 96.7 cm³/mol. The van der Waals surface area contributed by atoms with Gasteiger partial charge in [-0.2, -0.15) is 8.78 Å². The smallest absolute Gasteiger partial charge is 0.387 e. The van der Waals surface area contributed by atoms with Crippen molar-refractivity contribution in [2.24, 2.45) is 0 Å². The standard InChI is InChI=1S/C19H19ClF2N2O2/c20-15-11-14(8-9-17(15)26-19(21)22)23-18(25)12-24-10-4-7-16(24)13-5-2-1-3-6-13/h1-3,5-6,8-9,11,16,19H,4,7,10,12H2,(H,23,25)/t16-/m0/s1. The summed E-state index contributed by atoms with van der Waals surface area (Å²) in [5, 5.41) is 2.77. The summed E-state index contributed by atoms with van der Waals surface area (Å²) in [5.41, 5.74) is 1.64. The van der Waals surface area contributed by atoms with Crippen molar-refractivity contribution < 1.29 is 18.3 Å². The molecule has 0 aromatic heterocycles. The van der Waals surface area contributed by atoms with Crippen molar-refractivity contribution >= 4 is 23.2 Å². The number of hydrogen-bond acceptors (Lipinski definition) is 3. The Morgan fingerprint density at radius 3 is 2.73 bits per heavy atom. The molecule has 0 saturated carbocycles. The van der Waals surface area contributed by atoms with Gasteiger partial charge in [-0.25, -0.2) is 0 Å². The first kappa shape index (κ1) is 18.6. The van der Waals surface area contributed by atoms with Crippen LogP contribution in [0.25, 0.3) is 0 Å². The van der Waals surface area contributed by atoms with E-state index in [2.05, 4.69) is 27.1 Å². The van der Waals surface area contributed by atoms with Crippen LogP contribution in [-0.2, 0) is 4.79 Å². The van der Waals surface area contributed by atoms with Crippen molar-refractivity contribution in [3.05, 3.63) is 59.1 Å². The van der Waals surface area contributed by atoms with Crippen LogP contribution < -0.4 is 10.1 Å². The molecule has 7 heteroatoms. The first-order chi connectivity index (χ1) is 12.5. The molecule has 0 radical (unpaired) electrons. The molecule has 4 nitrogen and oxygen atoms in total. The minimum absolute atomic E-state index is 0.0198. The van der Waals surface area contributed by atoms with E-state index in [4.69, 9.17) is 11.6 Å². The zero-order valence-corrected chi connectivity index (χ0v) is 14.8. The molecule has 1 atom stereocenters. The number of alkyl halides is 2. The summed E-state index contributed by atoms with van der Waals surface area (Å²) in [4.78, 5) is 14.5. The molecule has 0 unspecified atom stereocenters. The van der Waals surface area contributed by atoms with Crippen molar-refractivity contribution in [2.45, 2.75) is 25.5 Å². The Morgan fingerprint density at radius 1 is 1.27 bits per heavy atom. The molecule has 0 aliphatic carbocycles. The second-order valence-corrected chi connectivity index (χ2v) is 6.52. The quantitative estimate of drug-likeness (QED) is 0.788. The molecular weight excluding hydrogens is 362 g/mol. The third-order valence-electron chi connectivity index (χ3n) is 4.33. The first-order valence-corrected chi connectivity index (χ1v) is 8.74. The van der Waals surface area contributed by atoms with E-state index in [-0.39, 0.29) is 29.3 Å². The van der Waals surface area contributed by atoms with Crippen molar-refractivity contribution in [3.63, 3.8) is 0 Å². The van der Waals surface area contributed by atoms with Gasteiger partial charge in [0.05, 0.1) is 11.6 Å². The fourth-order valence-electron chi connectivity index (χ4n) is 3.22. The van der Waals surface area contributed by atoms with Gasteiger partial charge in [-0.05, 0) is 43.1 Å². The maximum atomic E-state index is 12.4. The number of likely N-dealkylation sites (tertiary alicyclic amines) is 1. The highest BCUT2D eigenvalue weighted by Gasteiger charge is 2.27. The van der Waals surface area contributed by atoms with Gasteiger partial charge in [-0.15, -0.1) is 0 Å². The Hall–Kier alpha value is -2.18. The zero-order chi connectivity index (χ0) is 18.5. The van der Waals surface area contributed by atoms with Gasteiger partial charge in [0.25, 0.3) is 0 Å². The Morgan fingerprint density at radius 2 is 2.04 bits per heavy atom. The maximum absolute atomic E-state index is 12.4. The topological polar surface area (TPSA) is 41.6 Å². The van der Waals surface area contributed by atoms with Crippen LogP contribution in [0, 0.1) is 0 Å². The number of rotatable bonds is 6. The lowest BCUT2D eigenvalue weighted by molar-refractivity contribution is -0.117. The van der Waals surface area contributed by atoms with E-state index in [1.54, 1.807) is 0 Å². The maximum Gasteiger partial charge on any atom is 0.387 e. The van der Waals surface area contributed by atoms with E-state index in [9.17, 15) is 13.6 Å². The summed E-state index contributed by atoms with van der Waals surface area (Å²) in [6, 6.07) is 14.5. The average Bonchev–Trinajstić information content (AvgIpc) is 3.06. The van der Waals surface area contributed by atoms with E-state index in [1.807, 2.05) is 18.2 Å². The highest BCUT2D eigenvalue weighted by atomic mass is 35.5. The molecule has 0 spiro atoms. The van der Waals surface area contributed by atoms with Crippen molar-refractivity contribution in [1.82, 2.24) is 4.90 Å². The summed E-state index contributed by atoms with van der Waals surface area (Å²) in [6.07, 6.45) is 2.06. The molecule has 1 heterocycles. The molecule has 1 amide bonds. The number of carbonyl (C=O) groups excluding carboxylic acids is 1. The van der Waals surface area contributed by atoms with Gasteiger partial charge in [0, 0.05) is 11.7 Å². The average molecular weight is 381 g/mol. The molecule has 3 rings (SSSR count). The Labute approximate surface area is 155 Å². The lowest BCUT2D eigenvalue weighted by Gasteiger charge is -2.24. The lowest BCUT2D eigenvalue weighted by Crippen LogP contribution is -2.32. The van der Waals surface area contributed by atoms with Crippen LogP contribution in [0.3, 0.4) is 0 Å². The van der Waals surface area contributed by atoms with E-state index < -0.39 is 6.61 Å². The van der Waals surface area contributed by atoms with Gasteiger partial charge in [0.15, 0.2) is 0 Å². The molecule has 1 N–H and O–H groups in total. The van der Waals surface area contributed by atoms with Crippen LogP contribution in [0.5, 0.6) is 5.75 Å². The third-order valence-corrected chi connectivity index (χ3v) is 4.62. The SMILES string of the molecule is O=C(CN1CCC[C@H]1c1ccccc1)Nc1ccc(OC(F)F)c(Cl)c1. The molecule has 2 aromatic rings. The predicted octanol–water partition coefficient (Wildman–Crippen LogP) is 4.72. The molecule has 1 aliphatic heterocycles. The van der Waals surface area contributed by atoms with E-state index in [0.29, 0.717) is 5.69 Å². The van der Waals surface area contributed by atoms with Crippen LogP contribution in [-0.4, -0.2) is 30.5 Å². The largest absolute Gasteiger partial charge is 0.433 e. The number of nitrogens with one attached hydrogen (secondary N) is 1. The van der Waals surface area contributed by atoms with Gasteiger partial charge in [0.2, 0.25) is 5.91 Å². The van der Waals surface area contributed by atoms with Crippen LogP contribution >= 0.6 is 11.6 Å². The number of halogens is 3. The summed E-state index contributed by atoms with van der Waals surface area (Å²) in [5.74, 6) is -0.297. The number of benzene rings is 2. The van der Waals surface area contributed by atoms with Crippen LogP contribution in [0.2, 0.25) is 5.02 Å². The number of carbonyl (C=O) groups is 1. The number of ether oxygens (including phenoxy) is 1. The normalized spacial score (nSPS) is 17.5. The Kier molecular flexibility index (Phi) is 6.06. The summed E-state index contributed by atoms with van der Waals surface area (Å²) in [7, 11) is 0. The lowest BCUT2D eigenvalue weighted by atomic mass is 10.0. The van der Waals surface area contributed by atoms with Crippen molar-refractivity contribution in [1.29, 1.82) is 0 Å². The Balaban J connectivity index is 1.61. The van der Waals surface area contributed by atoms with Gasteiger partial charge in [-0.1, -0.05) is 41.9 Å². The Bertz CT molecular complexity index is 758. The van der Waals surface area contributed by atoms with Gasteiger partial charge in [-0.3, -0.25) is 9.69 Å². The molecule has 1 fully saturated rings. The number of nitrogens with zero attached hydrogens (tertiary/aromatic N) is 1. The molecule has 2 aromatic carbocycles.